The van der Waals surface area contributed by atoms with E-state index in [1.807, 2.05) is 35.9 Å². The number of anilines is 1. The molecular formula is C22H24ClN5O2S. The van der Waals surface area contributed by atoms with Crippen molar-refractivity contribution in [3.63, 3.8) is 0 Å². The van der Waals surface area contributed by atoms with Gasteiger partial charge in [0.1, 0.15) is 11.0 Å². The van der Waals surface area contributed by atoms with Crippen LogP contribution in [0, 0.1) is 0 Å². The fourth-order valence-corrected chi connectivity index (χ4v) is 4.64. The molecule has 2 N–H and O–H groups in total. The van der Waals surface area contributed by atoms with Gasteiger partial charge in [0.05, 0.1) is 12.6 Å². The van der Waals surface area contributed by atoms with Crippen LogP contribution >= 0.6 is 23.4 Å². The summed E-state index contributed by atoms with van der Waals surface area (Å²) in [7, 11) is 0. The first-order chi connectivity index (χ1) is 15.1. The zero-order valence-electron chi connectivity index (χ0n) is 17.3. The highest BCUT2D eigenvalue weighted by Crippen LogP contribution is 2.38. The molecule has 0 saturated carbocycles. The van der Waals surface area contributed by atoms with Gasteiger partial charge in [0.2, 0.25) is 11.1 Å². The quantitative estimate of drug-likeness (QED) is 0.536. The highest BCUT2D eigenvalue weighted by molar-refractivity contribution is 8.00. The molecule has 2 heterocycles. The number of halogens is 1. The number of ether oxygens (including phenoxy) is 1. The van der Waals surface area contributed by atoms with E-state index in [0.29, 0.717) is 22.5 Å². The topological polar surface area (TPSA) is 81.1 Å². The number of fused-ring (bicyclic) bond motifs is 1. The Balaban J connectivity index is 1.64. The fourth-order valence-electron chi connectivity index (χ4n) is 3.42. The zero-order chi connectivity index (χ0) is 21.8. The molecule has 1 aromatic heterocycles. The Labute approximate surface area is 190 Å². The number of carbonyl (C=O) groups is 1. The van der Waals surface area contributed by atoms with E-state index in [1.54, 1.807) is 24.3 Å². The predicted molar refractivity (Wildman–Crippen MR) is 123 cm³/mol. The number of benzene rings is 2. The van der Waals surface area contributed by atoms with Crippen molar-refractivity contribution in [3.05, 3.63) is 64.9 Å². The second-order valence-electron chi connectivity index (χ2n) is 7.13. The molecule has 1 amide bonds. The Morgan fingerprint density at radius 1 is 1.16 bits per heavy atom. The van der Waals surface area contributed by atoms with E-state index >= 15 is 0 Å². The molecule has 9 heteroatoms. The predicted octanol–water partition coefficient (Wildman–Crippen LogP) is 4.68. The van der Waals surface area contributed by atoms with Crippen LogP contribution in [0.25, 0.3) is 0 Å². The number of hydrogen-bond donors (Lipinski definition) is 2. The minimum atomic E-state index is -0.445. The average Bonchev–Trinajstić information content (AvgIpc) is 3.17. The third kappa shape index (κ3) is 4.80. The molecule has 0 aliphatic carbocycles. The van der Waals surface area contributed by atoms with E-state index in [0.717, 1.165) is 30.0 Å². The highest BCUT2D eigenvalue weighted by atomic mass is 35.5. The summed E-state index contributed by atoms with van der Waals surface area (Å²) in [5, 5.41) is 12.4. The number of nitrogens with zero attached hydrogens (tertiary/aromatic N) is 3. The normalized spacial score (nSPS) is 17.5. The summed E-state index contributed by atoms with van der Waals surface area (Å²) in [4.78, 5) is 13.3. The third-order valence-electron chi connectivity index (χ3n) is 4.90. The summed E-state index contributed by atoms with van der Waals surface area (Å²) >= 11 is 7.37. The Morgan fingerprint density at radius 3 is 2.58 bits per heavy atom. The lowest BCUT2D eigenvalue weighted by Crippen LogP contribution is -2.41. The summed E-state index contributed by atoms with van der Waals surface area (Å²) in [5.41, 5.74) is 5.15. The molecule has 3 aromatic rings. The van der Waals surface area contributed by atoms with Gasteiger partial charge < -0.3 is 15.5 Å². The second-order valence-corrected chi connectivity index (χ2v) is 8.67. The first kappa shape index (κ1) is 21.5. The van der Waals surface area contributed by atoms with Crippen molar-refractivity contribution in [3.8, 4) is 5.75 Å². The van der Waals surface area contributed by atoms with Crippen molar-refractivity contribution >= 4 is 35.0 Å². The molecule has 2 unspecified atom stereocenters. The number of aryl methyl sites for hydroxylation is 1. The number of hydrogen-bond acceptors (Lipinski definition) is 6. The Kier molecular flexibility index (Phi) is 6.67. The van der Waals surface area contributed by atoms with Gasteiger partial charge in [-0.1, -0.05) is 42.4 Å². The van der Waals surface area contributed by atoms with E-state index < -0.39 is 5.25 Å². The van der Waals surface area contributed by atoms with E-state index in [-0.39, 0.29) is 11.9 Å². The highest BCUT2D eigenvalue weighted by Gasteiger charge is 2.37. The van der Waals surface area contributed by atoms with E-state index in [1.165, 1.54) is 11.8 Å². The van der Waals surface area contributed by atoms with Gasteiger partial charge >= 0.3 is 0 Å². The van der Waals surface area contributed by atoms with Crippen molar-refractivity contribution in [2.24, 2.45) is 0 Å². The van der Waals surface area contributed by atoms with Gasteiger partial charge in [0.25, 0.3) is 0 Å². The standard InChI is InChI=1S/C22H24ClN5O2S/c1-3-5-18-25-26-22-28(18)27-19(14-6-12-17(13-7-14)30-4-2)20(31-22)21(29)24-16-10-8-15(23)9-11-16/h6-13,19-20,27H,3-5H2,1-2H3,(H,24,29). The molecule has 31 heavy (non-hydrogen) atoms. The van der Waals surface area contributed by atoms with Crippen LogP contribution in [0.5, 0.6) is 5.75 Å². The van der Waals surface area contributed by atoms with Crippen LogP contribution in [0.3, 0.4) is 0 Å². The molecule has 0 saturated heterocycles. The van der Waals surface area contributed by atoms with Gasteiger partial charge in [0, 0.05) is 17.1 Å². The van der Waals surface area contributed by atoms with Gasteiger partial charge in [0.15, 0.2) is 5.82 Å². The minimum Gasteiger partial charge on any atom is -0.494 e. The molecule has 4 rings (SSSR count). The molecule has 2 atom stereocenters. The van der Waals surface area contributed by atoms with Crippen LogP contribution in [0.4, 0.5) is 5.69 Å². The number of rotatable bonds is 7. The van der Waals surface area contributed by atoms with Crippen molar-refractivity contribution in [2.45, 2.75) is 43.1 Å². The number of aromatic nitrogens is 3. The third-order valence-corrected chi connectivity index (χ3v) is 6.36. The minimum absolute atomic E-state index is 0.120. The largest absolute Gasteiger partial charge is 0.494 e. The smallest absolute Gasteiger partial charge is 0.240 e. The van der Waals surface area contributed by atoms with Crippen LogP contribution in [0.1, 0.15) is 37.7 Å². The second kappa shape index (κ2) is 9.62. The molecule has 0 spiro atoms. The molecule has 162 valence electrons. The first-order valence-electron chi connectivity index (χ1n) is 10.3. The molecule has 0 bridgehead atoms. The molecule has 2 aromatic carbocycles. The van der Waals surface area contributed by atoms with Crippen LogP contribution in [-0.4, -0.2) is 32.6 Å². The first-order valence-corrected chi connectivity index (χ1v) is 11.5. The average molecular weight is 458 g/mol. The Hall–Kier alpha value is -2.71. The lowest BCUT2D eigenvalue weighted by atomic mass is 10.0. The zero-order valence-corrected chi connectivity index (χ0v) is 18.9. The molecule has 1 aliphatic heterocycles. The molecular weight excluding hydrogens is 434 g/mol. The van der Waals surface area contributed by atoms with Gasteiger partial charge in [-0.15, -0.1) is 10.2 Å². The van der Waals surface area contributed by atoms with Gasteiger partial charge in [-0.05, 0) is 55.3 Å². The number of amides is 1. The maximum atomic E-state index is 13.3. The van der Waals surface area contributed by atoms with Gasteiger partial charge in [-0.3, -0.25) is 4.79 Å². The van der Waals surface area contributed by atoms with Gasteiger partial charge in [-0.25, -0.2) is 4.68 Å². The maximum absolute atomic E-state index is 13.3. The van der Waals surface area contributed by atoms with Crippen molar-refractivity contribution in [1.29, 1.82) is 0 Å². The fraction of sp³-hybridized carbons (Fsp3) is 0.318. The number of nitrogens with one attached hydrogen (secondary N) is 2. The Morgan fingerprint density at radius 2 is 1.90 bits per heavy atom. The molecule has 1 aliphatic rings. The van der Waals surface area contributed by atoms with E-state index in [2.05, 4.69) is 27.9 Å². The summed E-state index contributed by atoms with van der Waals surface area (Å²) in [6, 6.07) is 14.6. The van der Waals surface area contributed by atoms with Crippen LogP contribution in [-0.2, 0) is 11.2 Å². The summed E-state index contributed by atoms with van der Waals surface area (Å²) in [5.74, 6) is 1.54. The Bertz CT molecular complexity index is 1040. The lowest BCUT2D eigenvalue weighted by Gasteiger charge is -2.33. The SMILES string of the molecule is CCCc1nnc2n1NC(c1ccc(OCC)cc1)C(C(=O)Nc1ccc(Cl)cc1)S2. The monoisotopic (exact) mass is 457 g/mol. The lowest BCUT2D eigenvalue weighted by molar-refractivity contribution is -0.116. The summed E-state index contributed by atoms with van der Waals surface area (Å²) in [6.07, 6.45) is 1.76. The van der Waals surface area contributed by atoms with Gasteiger partial charge in [-0.2, -0.15) is 0 Å². The molecule has 7 nitrogen and oxygen atoms in total. The van der Waals surface area contributed by atoms with E-state index in [4.69, 9.17) is 16.3 Å². The summed E-state index contributed by atoms with van der Waals surface area (Å²) in [6.45, 7) is 4.66. The number of thioether (sulfide) groups is 1. The van der Waals surface area contributed by atoms with Crippen molar-refractivity contribution in [2.75, 3.05) is 17.3 Å². The van der Waals surface area contributed by atoms with Crippen LogP contribution < -0.4 is 15.5 Å². The van der Waals surface area contributed by atoms with Crippen molar-refractivity contribution in [1.82, 2.24) is 14.9 Å². The number of carbonyl (C=O) groups excluding carboxylic acids is 1. The molecule has 0 radical (unpaired) electrons. The van der Waals surface area contributed by atoms with Crippen molar-refractivity contribution < 1.29 is 9.53 Å². The van der Waals surface area contributed by atoms with Crippen LogP contribution in [0.15, 0.2) is 53.7 Å². The molecule has 0 fully saturated rings. The maximum Gasteiger partial charge on any atom is 0.240 e. The van der Waals surface area contributed by atoms with Crippen LogP contribution in [0.2, 0.25) is 5.02 Å². The summed E-state index contributed by atoms with van der Waals surface area (Å²) < 4.78 is 7.47. The van der Waals surface area contributed by atoms with E-state index in [9.17, 15) is 4.79 Å².